The van der Waals surface area contributed by atoms with Crippen molar-refractivity contribution in [3.63, 3.8) is 0 Å². The summed E-state index contributed by atoms with van der Waals surface area (Å²) >= 11 is 0. The molecule has 0 aliphatic rings. The van der Waals surface area contributed by atoms with Crippen LogP contribution < -0.4 is 4.74 Å². The zero-order valence-electron chi connectivity index (χ0n) is 11.2. The lowest BCUT2D eigenvalue weighted by atomic mass is 10.1. The summed E-state index contributed by atoms with van der Waals surface area (Å²) in [5.41, 5.74) is 1.76. The Labute approximate surface area is 113 Å². The molecule has 0 bridgehead atoms. The summed E-state index contributed by atoms with van der Waals surface area (Å²) in [7, 11) is 0. The molecular weight excluding hydrogens is 238 g/mol. The molecule has 0 aliphatic carbocycles. The van der Waals surface area contributed by atoms with E-state index in [1.165, 1.54) is 12.5 Å². The van der Waals surface area contributed by atoms with E-state index in [4.69, 9.17) is 4.74 Å². The van der Waals surface area contributed by atoms with Crippen LogP contribution in [0.3, 0.4) is 0 Å². The van der Waals surface area contributed by atoms with Crippen molar-refractivity contribution in [2.24, 2.45) is 0 Å². The number of Topliss-reactive ketones (excluding diaryl/α,β-unsaturated/α-hetero) is 1. The molecule has 0 aliphatic heterocycles. The quantitative estimate of drug-likeness (QED) is 0.757. The first-order chi connectivity index (χ1) is 9.19. The summed E-state index contributed by atoms with van der Waals surface area (Å²) in [6.07, 6.45) is 3.78. The van der Waals surface area contributed by atoms with Crippen LogP contribution in [0.15, 0.2) is 42.6 Å². The second-order valence-electron chi connectivity index (χ2n) is 4.43. The number of pyridine rings is 1. The lowest BCUT2D eigenvalue weighted by Gasteiger charge is -2.06. The van der Waals surface area contributed by atoms with Crippen LogP contribution in [0.25, 0.3) is 0 Å². The molecule has 0 fully saturated rings. The monoisotopic (exact) mass is 255 g/mol. The molecule has 98 valence electrons. The molecule has 2 aromatic rings. The van der Waals surface area contributed by atoms with Gasteiger partial charge in [0.05, 0.1) is 6.20 Å². The zero-order chi connectivity index (χ0) is 13.7. The van der Waals surface area contributed by atoms with Gasteiger partial charge in [0.15, 0.2) is 5.78 Å². The first-order valence-electron chi connectivity index (χ1n) is 6.43. The van der Waals surface area contributed by atoms with E-state index in [1.807, 2.05) is 12.1 Å². The highest BCUT2D eigenvalue weighted by molar-refractivity contribution is 5.92. The van der Waals surface area contributed by atoms with Gasteiger partial charge in [-0.25, -0.2) is 4.98 Å². The standard InChI is InChI=1S/C16H17NO2/c1-3-4-13-5-7-14(8-6-13)19-15-9-10-16(12(2)18)17-11-15/h5-11H,3-4H2,1-2H3. The predicted molar refractivity (Wildman–Crippen MR) is 74.8 cm³/mol. The maximum atomic E-state index is 11.1. The second kappa shape index (κ2) is 6.14. The molecule has 0 atom stereocenters. The van der Waals surface area contributed by atoms with Gasteiger partial charge >= 0.3 is 0 Å². The summed E-state index contributed by atoms with van der Waals surface area (Å²) in [5.74, 6) is 1.36. The Kier molecular flexibility index (Phi) is 4.29. The van der Waals surface area contributed by atoms with E-state index >= 15 is 0 Å². The third-order valence-corrected chi connectivity index (χ3v) is 2.79. The molecular formula is C16H17NO2. The predicted octanol–water partition coefficient (Wildman–Crippen LogP) is 4.03. The van der Waals surface area contributed by atoms with Gasteiger partial charge in [-0.3, -0.25) is 4.79 Å². The normalized spacial score (nSPS) is 10.2. The highest BCUT2D eigenvalue weighted by Gasteiger charge is 2.02. The van der Waals surface area contributed by atoms with E-state index in [1.54, 1.807) is 18.3 Å². The Bertz CT molecular complexity index is 544. The first-order valence-corrected chi connectivity index (χ1v) is 6.43. The van der Waals surface area contributed by atoms with Gasteiger partial charge in [0.1, 0.15) is 17.2 Å². The van der Waals surface area contributed by atoms with Crippen molar-refractivity contribution in [2.75, 3.05) is 0 Å². The van der Waals surface area contributed by atoms with E-state index in [-0.39, 0.29) is 5.78 Å². The fourth-order valence-corrected chi connectivity index (χ4v) is 1.80. The number of benzene rings is 1. The Hall–Kier alpha value is -2.16. The molecule has 0 saturated carbocycles. The molecule has 0 unspecified atom stereocenters. The van der Waals surface area contributed by atoms with Crippen molar-refractivity contribution < 1.29 is 9.53 Å². The summed E-state index contributed by atoms with van der Waals surface area (Å²) < 4.78 is 5.67. The van der Waals surface area contributed by atoms with Crippen molar-refractivity contribution in [1.82, 2.24) is 4.98 Å². The Morgan fingerprint density at radius 2 is 1.79 bits per heavy atom. The van der Waals surface area contributed by atoms with E-state index in [0.29, 0.717) is 11.4 Å². The lowest BCUT2D eigenvalue weighted by Crippen LogP contribution is -1.96. The molecule has 19 heavy (non-hydrogen) atoms. The summed E-state index contributed by atoms with van der Waals surface area (Å²) in [6.45, 7) is 3.65. The van der Waals surface area contributed by atoms with Gasteiger partial charge in [0, 0.05) is 6.92 Å². The maximum Gasteiger partial charge on any atom is 0.178 e. The number of ketones is 1. The van der Waals surface area contributed by atoms with Crippen LogP contribution >= 0.6 is 0 Å². The molecule has 0 amide bonds. The van der Waals surface area contributed by atoms with E-state index in [2.05, 4.69) is 24.0 Å². The average Bonchev–Trinajstić information content (AvgIpc) is 2.42. The summed E-state index contributed by atoms with van der Waals surface area (Å²) in [4.78, 5) is 15.2. The number of aryl methyl sites for hydroxylation is 1. The third-order valence-electron chi connectivity index (χ3n) is 2.79. The molecule has 0 spiro atoms. The molecule has 0 N–H and O–H groups in total. The van der Waals surface area contributed by atoms with Crippen LogP contribution in [0, 0.1) is 0 Å². The van der Waals surface area contributed by atoms with Gasteiger partial charge in [-0.2, -0.15) is 0 Å². The average molecular weight is 255 g/mol. The van der Waals surface area contributed by atoms with Crippen molar-refractivity contribution in [1.29, 1.82) is 0 Å². The lowest BCUT2D eigenvalue weighted by molar-refractivity contribution is 0.101. The van der Waals surface area contributed by atoms with E-state index in [9.17, 15) is 4.79 Å². The van der Waals surface area contributed by atoms with Crippen molar-refractivity contribution in [2.45, 2.75) is 26.7 Å². The van der Waals surface area contributed by atoms with Crippen LogP contribution in [-0.2, 0) is 6.42 Å². The number of hydrogen-bond donors (Lipinski definition) is 0. The van der Waals surface area contributed by atoms with E-state index in [0.717, 1.165) is 18.6 Å². The summed E-state index contributed by atoms with van der Waals surface area (Å²) in [6, 6.07) is 11.5. The van der Waals surface area contributed by atoms with Crippen molar-refractivity contribution >= 4 is 5.78 Å². The minimum atomic E-state index is -0.0459. The van der Waals surface area contributed by atoms with Gasteiger partial charge in [0.2, 0.25) is 0 Å². The van der Waals surface area contributed by atoms with Crippen LogP contribution in [0.5, 0.6) is 11.5 Å². The molecule has 3 heteroatoms. The van der Waals surface area contributed by atoms with E-state index < -0.39 is 0 Å². The molecule has 2 rings (SSSR count). The maximum absolute atomic E-state index is 11.1. The number of ether oxygens (including phenoxy) is 1. The number of aromatic nitrogens is 1. The minimum Gasteiger partial charge on any atom is -0.456 e. The minimum absolute atomic E-state index is 0.0459. The van der Waals surface area contributed by atoms with Crippen molar-refractivity contribution in [3.8, 4) is 11.5 Å². The number of carbonyl (C=O) groups excluding carboxylic acids is 1. The number of hydrogen-bond acceptors (Lipinski definition) is 3. The molecule has 0 radical (unpaired) electrons. The fraction of sp³-hybridized carbons (Fsp3) is 0.250. The van der Waals surface area contributed by atoms with Crippen LogP contribution in [-0.4, -0.2) is 10.8 Å². The molecule has 3 nitrogen and oxygen atoms in total. The molecule has 0 saturated heterocycles. The fourth-order valence-electron chi connectivity index (χ4n) is 1.80. The molecule has 1 aromatic heterocycles. The topological polar surface area (TPSA) is 39.2 Å². The van der Waals surface area contributed by atoms with Gasteiger partial charge in [0.25, 0.3) is 0 Å². The first kappa shape index (κ1) is 13.3. The summed E-state index contributed by atoms with van der Waals surface area (Å²) in [5, 5.41) is 0. The molecule has 1 aromatic carbocycles. The highest BCUT2D eigenvalue weighted by atomic mass is 16.5. The SMILES string of the molecule is CCCc1ccc(Oc2ccc(C(C)=O)nc2)cc1. The Morgan fingerprint density at radius 3 is 2.32 bits per heavy atom. The second-order valence-corrected chi connectivity index (χ2v) is 4.43. The Balaban J connectivity index is 2.06. The van der Waals surface area contributed by atoms with Gasteiger partial charge in [-0.15, -0.1) is 0 Å². The Morgan fingerprint density at radius 1 is 1.11 bits per heavy atom. The highest BCUT2D eigenvalue weighted by Crippen LogP contribution is 2.21. The largest absolute Gasteiger partial charge is 0.456 e. The van der Waals surface area contributed by atoms with Crippen LogP contribution in [0.1, 0.15) is 36.3 Å². The number of carbonyl (C=O) groups is 1. The molecule has 1 heterocycles. The van der Waals surface area contributed by atoms with Gasteiger partial charge < -0.3 is 4.74 Å². The van der Waals surface area contributed by atoms with Crippen molar-refractivity contribution in [3.05, 3.63) is 53.9 Å². The van der Waals surface area contributed by atoms with Crippen LogP contribution in [0.4, 0.5) is 0 Å². The number of nitrogens with zero attached hydrogens (tertiary/aromatic N) is 1. The third kappa shape index (κ3) is 3.65. The van der Waals surface area contributed by atoms with Crippen LogP contribution in [0.2, 0.25) is 0 Å². The number of rotatable bonds is 5. The smallest absolute Gasteiger partial charge is 0.178 e. The van der Waals surface area contributed by atoms with Gasteiger partial charge in [-0.1, -0.05) is 25.5 Å². The zero-order valence-corrected chi connectivity index (χ0v) is 11.2. The van der Waals surface area contributed by atoms with Gasteiger partial charge in [-0.05, 0) is 36.2 Å².